The average Bonchev–Trinajstić information content (AvgIpc) is 2.26. The third-order valence-electron chi connectivity index (χ3n) is 2.39. The Labute approximate surface area is 95.8 Å². The van der Waals surface area contributed by atoms with E-state index in [9.17, 15) is 0 Å². The molecule has 0 aromatic heterocycles. The number of hydrogen-bond donors (Lipinski definition) is 0. The molecule has 0 bridgehead atoms. The van der Waals surface area contributed by atoms with Gasteiger partial charge in [0.2, 0.25) is 0 Å². The largest absolute Gasteiger partial charge is 0.0991 e. The van der Waals surface area contributed by atoms with Gasteiger partial charge in [0, 0.05) is 0 Å². The van der Waals surface area contributed by atoms with Crippen LogP contribution in [0, 0.1) is 6.08 Å². The van der Waals surface area contributed by atoms with Crippen LogP contribution in [0.3, 0.4) is 0 Å². The Balaban J connectivity index is 3.07. The molecule has 0 aromatic carbocycles. The van der Waals surface area contributed by atoms with E-state index < -0.39 is 0 Å². The highest BCUT2D eigenvalue weighted by Crippen LogP contribution is 2.08. The van der Waals surface area contributed by atoms with Crippen molar-refractivity contribution in [1.82, 2.24) is 0 Å². The van der Waals surface area contributed by atoms with Gasteiger partial charge in [0.05, 0.1) is 0 Å². The Hall–Kier alpha value is -0.780. The van der Waals surface area contributed by atoms with Crippen LogP contribution in [-0.4, -0.2) is 0 Å². The molecule has 0 spiro atoms. The van der Waals surface area contributed by atoms with E-state index in [0.717, 1.165) is 6.42 Å². The van der Waals surface area contributed by atoms with Gasteiger partial charge in [0.1, 0.15) is 0 Å². The van der Waals surface area contributed by atoms with E-state index >= 15 is 0 Å². The molecule has 0 saturated heterocycles. The van der Waals surface area contributed by atoms with E-state index in [2.05, 4.69) is 19.6 Å². The lowest BCUT2D eigenvalue weighted by Crippen LogP contribution is -1.78. The first-order valence-corrected chi connectivity index (χ1v) is 6.26. The van der Waals surface area contributed by atoms with Gasteiger partial charge < -0.3 is 0 Å². The van der Waals surface area contributed by atoms with Gasteiger partial charge in [-0.3, -0.25) is 0 Å². The van der Waals surface area contributed by atoms with Crippen molar-refractivity contribution in [3.05, 3.63) is 37.0 Å². The van der Waals surface area contributed by atoms with Crippen molar-refractivity contribution in [1.29, 1.82) is 0 Å². The van der Waals surface area contributed by atoms with Crippen molar-refractivity contribution < 1.29 is 0 Å². The monoisotopic (exact) mass is 205 g/mol. The van der Waals surface area contributed by atoms with E-state index in [0.29, 0.717) is 0 Å². The summed E-state index contributed by atoms with van der Waals surface area (Å²) in [4.78, 5) is 0. The summed E-state index contributed by atoms with van der Waals surface area (Å²) >= 11 is 0. The van der Waals surface area contributed by atoms with Gasteiger partial charge in [-0.25, -0.2) is 0 Å². The third-order valence-corrected chi connectivity index (χ3v) is 2.39. The summed E-state index contributed by atoms with van der Waals surface area (Å²) in [6.45, 7) is 5.87. The fourth-order valence-corrected chi connectivity index (χ4v) is 1.47. The molecule has 0 heterocycles. The Morgan fingerprint density at radius 3 is 2.27 bits per heavy atom. The highest BCUT2D eigenvalue weighted by molar-refractivity contribution is 5.06. The van der Waals surface area contributed by atoms with Crippen molar-refractivity contribution >= 4 is 0 Å². The molecule has 0 nitrogen and oxygen atoms in total. The topological polar surface area (TPSA) is 0 Å². The van der Waals surface area contributed by atoms with Crippen molar-refractivity contribution in [3.63, 3.8) is 0 Å². The first-order valence-electron chi connectivity index (χ1n) is 6.26. The number of allylic oxidation sites excluding steroid dienone is 5. The van der Waals surface area contributed by atoms with Crippen LogP contribution in [0.15, 0.2) is 30.9 Å². The van der Waals surface area contributed by atoms with E-state index in [4.69, 9.17) is 0 Å². The van der Waals surface area contributed by atoms with Crippen LogP contribution in [0.2, 0.25) is 0 Å². The molecule has 0 unspecified atom stereocenters. The summed E-state index contributed by atoms with van der Waals surface area (Å²) in [5, 5.41) is 0. The zero-order chi connectivity index (χ0) is 11.2. The fraction of sp³-hybridized carbons (Fsp3) is 0.600. The summed E-state index contributed by atoms with van der Waals surface area (Å²) < 4.78 is 0. The molecule has 0 heteroatoms. The van der Waals surface area contributed by atoms with Crippen LogP contribution in [0.4, 0.5) is 0 Å². The zero-order valence-corrected chi connectivity index (χ0v) is 10.2. The molecule has 0 fully saturated rings. The van der Waals surface area contributed by atoms with Crippen LogP contribution >= 0.6 is 0 Å². The predicted molar refractivity (Wildman–Crippen MR) is 69.8 cm³/mol. The Kier molecular flexibility index (Phi) is 12.5. The van der Waals surface area contributed by atoms with Crippen LogP contribution < -0.4 is 0 Å². The lowest BCUT2D eigenvalue weighted by atomic mass is 10.1. The SMILES string of the molecule is C=CC=C/C=[C]/CCCCCCCCC. The van der Waals surface area contributed by atoms with Crippen molar-refractivity contribution in [3.8, 4) is 0 Å². The average molecular weight is 205 g/mol. The van der Waals surface area contributed by atoms with Crippen molar-refractivity contribution in [2.45, 2.75) is 58.3 Å². The van der Waals surface area contributed by atoms with Gasteiger partial charge in [-0.15, -0.1) is 0 Å². The maximum atomic E-state index is 3.61. The maximum absolute atomic E-state index is 3.61. The molecule has 0 rings (SSSR count). The second kappa shape index (κ2) is 13.2. The zero-order valence-electron chi connectivity index (χ0n) is 10.2. The van der Waals surface area contributed by atoms with E-state index in [1.165, 1.54) is 44.9 Å². The minimum absolute atomic E-state index is 1.09. The van der Waals surface area contributed by atoms with Crippen LogP contribution in [0.1, 0.15) is 58.3 Å². The highest BCUT2D eigenvalue weighted by Gasteiger charge is 1.88. The molecule has 0 amide bonds. The molecule has 0 aliphatic heterocycles. The molecular formula is C15H25. The summed E-state index contributed by atoms with van der Waals surface area (Å²) in [6, 6.07) is 0. The molecule has 0 N–H and O–H groups in total. The fourth-order valence-electron chi connectivity index (χ4n) is 1.47. The van der Waals surface area contributed by atoms with Gasteiger partial charge >= 0.3 is 0 Å². The second-order valence-corrected chi connectivity index (χ2v) is 3.86. The smallest absolute Gasteiger partial charge is 0.0276 e. The first kappa shape index (κ1) is 14.2. The summed E-state index contributed by atoms with van der Waals surface area (Å²) in [6.07, 6.45) is 21.6. The Bertz CT molecular complexity index is 174. The molecule has 1 radical (unpaired) electrons. The summed E-state index contributed by atoms with van der Waals surface area (Å²) in [5.74, 6) is 0. The molecule has 85 valence electrons. The van der Waals surface area contributed by atoms with Gasteiger partial charge in [0.15, 0.2) is 0 Å². The summed E-state index contributed by atoms with van der Waals surface area (Å²) in [5.41, 5.74) is 0. The molecular weight excluding hydrogens is 180 g/mol. The molecule has 0 saturated carbocycles. The lowest BCUT2D eigenvalue weighted by molar-refractivity contribution is 0.590. The number of rotatable bonds is 10. The van der Waals surface area contributed by atoms with Gasteiger partial charge in [-0.1, -0.05) is 76.3 Å². The minimum Gasteiger partial charge on any atom is -0.0991 e. The minimum atomic E-state index is 1.09. The third kappa shape index (κ3) is 13.2. The van der Waals surface area contributed by atoms with E-state index in [1.54, 1.807) is 6.08 Å². The Morgan fingerprint density at radius 1 is 0.933 bits per heavy atom. The molecule has 0 atom stereocenters. The quantitative estimate of drug-likeness (QED) is 0.338. The molecule has 0 aromatic rings. The van der Waals surface area contributed by atoms with Gasteiger partial charge in [-0.2, -0.15) is 0 Å². The van der Waals surface area contributed by atoms with Crippen LogP contribution in [0.5, 0.6) is 0 Å². The Morgan fingerprint density at radius 2 is 1.60 bits per heavy atom. The van der Waals surface area contributed by atoms with E-state index in [1.807, 2.05) is 18.2 Å². The predicted octanol–water partition coefficient (Wildman–Crippen LogP) is 5.23. The van der Waals surface area contributed by atoms with Gasteiger partial charge in [0.25, 0.3) is 0 Å². The molecule has 15 heavy (non-hydrogen) atoms. The number of unbranched alkanes of at least 4 members (excludes halogenated alkanes) is 7. The summed E-state index contributed by atoms with van der Waals surface area (Å²) in [7, 11) is 0. The molecule has 0 aliphatic rings. The maximum Gasteiger partial charge on any atom is -0.0276 e. The van der Waals surface area contributed by atoms with E-state index in [-0.39, 0.29) is 0 Å². The normalized spacial score (nSPS) is 11.5. The highest BCUT2D eigenvalue weighted by atomic mass is 13.9. The van der Waals surface area contributed by atoms with Gasteiger partial charge in [-0.05, 0) is 18.9 Å². The standard InChI is InChI=1S/C15H25/c1-3-5-7-9-11-13-15-14-12-10-8-6-4-2/h3,5,7,9H,1,4,6,8,10,12-15H2,2H3. The second-order valence-electron chi connectivity index (χ2n) is 3.86. The van der Waals surface area contributed by atoms with Crippen LogP contribution in [0.25, 0.3) is 0 Å². The first-order chi connectivity index (χ1) is 7.41. The number of hydrogen-bond acceptors (Lipinski definition) is 0. The molecule has 0 aliphatic carbocycles. The van der Waals surface area contributed by atoms with Crippen molar-refractivity contribution in [2.75, 3.05) is 0 Å². The lowest BCUT2D eigenvalue weighted by Gasteiger charge is -1.98. The van der Waals surface area contributed by atoms with Crippen molar-refractivity contribution in [2.24, 2.45) is 0 Å². The van der Waals surface area contributed by atoms with Crippen LogP contribution in [-0.2, 0) is 0 Å².